The third kappa shape index (κ3) is 4.81. The molecule has 0 aliphatic heterocycles. The van der Waals surface area contributed by atoms with Crippen LogP contribution in [-0.2, 0) is 24.4 Å². The van der Waals surface area contributed by atoms with Crippen molar-refractivity contribution in [2.75, 3.05) is 13.2 Å². The summed E-state index contributed by atoms with van der Waals surface area (Å²) in [5.41, 5.74) is 1.28. The summed E-state index contributed by atoms with van der Waals surface area (Å²) in [4.78, 5) is 35.3. The smallest absolute Gasteiger partial charge is 0.402 e. The van der Waals surface area contributed by atoms with Gasteiger partial charge in [0.2, 0.25) is 0 Å². The number of carbonyl (C=O) groups is 3. The van der Waals surface area contributed by atoms with Crippen LogP contribution in [0.25, 0.3) is 0 Å². The summed E-state index contributed by atoms with van der Waals surface area (Å²) in [5, 5.41) is 4.67. The molecule has 2 N–H and O–H groups in total. The highest BCUT2D eigenvalue weighted by Crippen LogP contribution is 2.27. The Hall–Kier alpha value is -2.60. The van der Waals surface area contributed by atoms with Gasteiger partial charge in [0.1, 0.15) is 0 Å². The van der Waals surface area contributed by atoms with Crippen molar-refractivity contribution in [3.05, 3.63) is 33.4 Å². The number of aromatic carboxylic acids is 1. The molecule has 12 heteroatoms. The molecule has 0 amide bonds. The van der Waals surface area contributed by atoms with Crippen molar-refractivity contribution in [1.82, 2.24) is 0 Å². The van der Waals surface area contributed by atoms with Gasteiger partial charge in [-0.3, -0.25) is 4.55 Å². The average molecular weight is 424 g/mol. The lowest BCUT2D eigenvalue weighted by Crippen LogP contribution is -2.35. The molecule has 0 bridgehead atoms. The summed E-state index contributed by atoms with van der Waals surface area (Å²) in [5.74, 6) is -4.11. The Balaban J connectivity index is 2.98. The van der Waals surface area contributed by atoms with Crippen molar-refractivity contribution in [3.8, 4) is 0 Å². The largest absolute Gasteiger partial charge is 0.478 e. The van der Waals surface area contributed by atoms with Crippen LogP contribution < -0.4 is 0 Å². The van der Waals surface area contributed by atoms with Gasteiger partial charge < -0.3 is 14.6 Å². The number of carbonyl (C=O) groups excluding carboxylic acids is 2. The normalized spacial score (nSPS) is 11.8. The van der Waals surface area contributed by atoms with Gasteiger partial charge in [0.25, 0.3) is 0 Å². The van der Waals surface area contributed by atoms with E-state index in [4.69, 9.17) is 4.55 Å². The van der Waals surface area contributed by atoms with Crippen LogP contribution in [0.1, 0.15) is 43.0 Å². The monoisotopic (exact) mass is 424 g/mol. The van der Waals surface area contributed by atoms with Gasteiger partial charge >= 0.3 is 33.3 Å². The van der Waals surface area contributed by atoms with Crippen LogP contribution in [0.4, 0.5) is 8.78 Å². The Morgan fingerprint density at radius 1 is 0.929 bits per heavy atom. The zero-order chi connectivity index (χ0) is 22.0. The van der Waals surface area contributed by atoms with Gasteiger partial charge in [0.15, 0.2) is 13.2 Å². The number of carboxylic acids is 1. The quantitative estimate of drug-likeness (QED) is 0.494. The van der Waals surface area contributed by atoms with Crippen LogP contribution in [0.5, 0.6) is 0 Å². The lowest BCUT2D eigenvalue weighted by atomic mass is 9.89. The molecule has 0 aliphatic carbocycles. The van der Waals surface area contributed by atoms with E-state index < -0.39 is 46.5 Å². The van der Waals surface area contributed by atoms with Crippen LogP contribution in [0.15, 0.2) is 0 Å². The van der Waals surface area contributed by atoms with E-state index in [1.807, 2.05) is 0 Å². The van der Waals surface area contributed by atoms with Gasteiger partial charge in [0, 0.05) is 0 Å². The van der Waals surface area contributed by atoms with E-state index in [1.165, 1.54) is 13.8 Å². The molecule has 0 unspecified atom stereocenters. The number of esters is 2. The highest BCUT2D eigenvalue weighted by Gasteiger charge is 2.45. The third-order valence-corrected chi connectivity index (χ3v) is 5.08. The van der Waals surface area contributed by atoms with Gasteiger partial charge in [0.05, 0.1) is 11.1 Å². The van der Waals surface area contributed by atoms with Crippen molar-refractivity contribution >= 4 is 28.0 Å². The standard InChI is InChI=1S/C16H18F2O9S/c1-7-8(2)10(4)13(12(9(7)3)14(20)21)15(22)26-5-11(19)27-6-16(17,18)28(23,24)25/h5-6H2,1-4H3,(H,20,21)(H,23,24,25). The second-order valence-corrected chi connectivity index (χ2v) is 7.45. The first kappa shape index (κ1) is 23.4. The van der Waals surface area contributed by atoms with E-state index >= 15 is 0 Å². The van der Waals surface area contributed by atoms with E-state index in [1.54, 1.807) is 13.8 Å². The van der Waals surface area contributed by atoms with E-state index in [0.717, 1.165) is 0 Å². The zero-order valence-corrected chi connectivity index (χ0v) is 16.1. The molecular weight excluding hydrogens is 406 g/mol. The summed E-state index contributed by atoms with van der Waals surface area (Å²) in [6, 6.07) is 0. The molecule has 0 saturated carbocycles. The first-order chi connectivity index (χ1) is 12.6. The van der Waals surface area contributed by atoms with Gasteiger partial charge in [-0.1, -0.05) is 0 Å². The van der Waals surface area contributed by atoms with E-state index in [-0.39, 0.29) is 11.1 Å². The third-order valence-electron chi connectivity index (χ3n) is 4.21. The number of carboxylic acid groups (broad SMARTS) is 1. The highest BCUT2D eigenvalue weighted by molar-refractivity contribution is 7.86. The first-order valence-electron chi connectivity index (χ1n) is 7.63. The molecule has 1 rings (SSSR count). The lowest BCUT2D eigenvalue weighted by molar-refractivity contribution is -0.153. The highest BCUT2D eigenvalue weighted by atomic mass is 32.2. The van der Waals surface area contributed by atoms with Crippen molar-refractivity contribution in [2.24, 2.45) is 0 Å². The predicted octanol–water partition coefficient (Wildman–Crippen LogP) is 1.80. The Labute approximate surface area is 159 Å². The minimum absolute atomic E-state index is 0.302. The summed E-state index contributed by atoms with van der Waals surface area (Å²) >= 11 is 0. The molecule has 156 valence electrons. The van der Waals surface area contributed by atoms with E-state index in [2.05, 4.69) is 9.47 Å². The van der Waals surface area contributed by atoms with E-state index in [9.17, 15) is 36.7 Å². The maximum Gasteiger partial charge on any atom is 0.402 e. The van der Waals surface area contributed by atoms with Crippen molar-refractivity contribution < 1.29 is 50.7 Å². The number of ether oxygens (including phenoxy) is 2. The SMILES string of the molecule is Cc1c(C)c(C)c(C(=O)OCC(=O)OCC(F)(F)S(=O)(=O)O)c(C(=O)O)c1C. The molecule has 0 aromatic heterocycles. The number of alkyl halides is 2. The maximum atomic E-state index is 13.0. The lowest BCUT2D eigenvalue weighted by Gasteiger charge is -2.17. The summed E-state index contributed by atoms with van der Waals surface area (Å²) < 4.78 is 63.7. The molecule has 0 saturated heterocycles. The predicted molar refractivity (Wildman–Crippen MR) is 90.1 cm³/mol. The Kier molecular flexibility index (Phi) is 6.85. The Morgan fingerprint density at radius 3 is 1.82 bits per heavy atom. The minimum atomic E-state index is -5.79. The Morgan fingerprint density at radius 2 is 1.39 bits per heavy atom. The topological polar surface area (TPSA) is 144 Å². The minimum Gasteiger partial charge on any atom is -0.478 e. The van der Waals surface area contributed by atoms with Gasteiger partial charge in [-0.15, -0.1) is 0 Å². The van der Waals surface area contributed by atoms with Crippen molar-refractivity contribution in [3.63, 3.8) is 0 Å². The van der Waals surface area contributed by atoms with Crippen molar-refractivity contribution in [1.29, 1.82) is 0 Å². The number of hydrogen-bond donors (Lipinski definition) is 2. The molecule has 0 fully saturated rings. The average Bonchev–Trinajstić information content (AvgIpc) is 2.57. The number of rotatable bonds is 7. The molecule has 9 nitrogen and oxygen atoms in total. The molecule has 1 aromatic carbocycles. The fourth-order valence-corrected chi connectivity index (χ4v) is 2.52. The molecule has 28 heavy (non-hydrogen) atoms. The fraction of sp³-hybridized carbons (Fsp3) is 0.438. The molecule has 0 atom stereocenters. The molecule has 0 spiro atoms. The molecule has 0 aliphatic rings. The van der Waals surface area contributed by atoms with Crippen LogP contribution in [0, 0.1) is 27.7 Å². The van der Waals surface area contributed by atoms with Crippen LogP contribution in [-0.4, -0.2) is 54.5 Å². The van der Waals surface area contributed by atoms with Gasteiger partial charge in [-0.25, -0.2) is 14.4 Å². The van der Waals surface area contributed by atoms with E-state index in [0.29, 0.717) is 22.3 Å². The molecule has 0 heterocycles. The Bertz CT molecular complexity index is 936. The summed E-state index contributed by atoms with van der Waals surface area (Å²) in [7, 11) is -5.79. The number of benzene rings is 1. The molecule has 0 radical (unpaired) electrons. The molecule has 1 aromatic rings. The first-order valence-corrected chi connectivity index (χ1v) is 9.07. The second-order valence-electron chi connectivity index (χ2n) is 5.90. The maximum absolute atomic E-state index is 13.0. The number of halogens is 2. The van der Waals surface area contributed by atoms with Crippen molar-refractivity contribution in [2.45, 2.75) is 32.9 Å². The summed E-state index contributed by atoms with van der Waals surface area (Å²) in [6.07, 6.45) is 0. The van der Waals surface area contributed by atoms with Gasteiger partial charge in [-0.05, 0) is 49.9 Å². The zero-order valence-electron chi connectivity index (χ0n) is 15.3. The van der Waals surface area contributed by atoms with Crippen LogP contribution >= 0.6 is 0 Å². The van der Waals surface area contributed by atoms with Crippen LogP contribution in [0.2, 0.25) is 0 Å². The second kappa shape index (κ2) is 8.19. The molecular formula is C16H18F2O9S. The fourth-order valence-electron chi connectivity index (χ4n) is 2.31. The van der Waals surface area contributed by atoms with Gasteiger partial charge in [-0.2, -0.15) is 17.2 Å². The van der Waals surface area contributed by atoms with Crippen LogP contribution in [0.3, 0.4) is 0 Å². The number of hydrogen-bond acceptors (Lipinski definition) is 7. The summed E-state index contributed by atoms with van der Waals surface area (Å²) in [6.45, 7) is 3.15.